The summed E-state index contributed by atoms with van der Waals surface area (Å²) in [6.07, 6.45) is 5.53. The number of amides is 1. The van der Waals surface area contributed by atoms with Gasteiger partial charge in [0, 0.05) is 6.54 Å². The Morgan fingerprint density at radius 2 is 2.21 bits per heavy atom. The van der Waals surface area contributed by atoms with Crippen LogP contribution < -0.4 is 11.2 Å². The van der Waals surface area contributed by atoms with Crippen LogP contribution in [0.1, 0.15) is 39.0 Å². The number of hydrogen-bond donors (Lipinski definition) is 3. The number of aliphatic hydroxyl groups excluding tert-OH is 1. The number of carbonyl (C=O) groups excluding carboxylic acids is 1. The second-order valence-corrected chi connectivity index (χ2v) is 5.08. The topological polar surface area (TPSA) is 93.8 Å². The lowest BCUT2D eigenvalue weighted by molar-refractivity contribution is -0.126. The van der Waals surface area contributed by atoms with Gasteiger partial charge in [0.05, 0.1) is 18.8 Å². The Morgan fingerprint density at radius 1 is 1.47 bits per heavy atom. The zero-order chi connectivity index (χ0) is 14.1. The smallest absolute Gasteiger partial charge is 0.245 e. The van der Waals surface area contributed by atoms with Crippen LogP contribution in [-0.2, 0) is 14.4 Å². The van der Waals surface area contributed by atoms with Crippen molar-refractivity contribution in [3.63, 3.8) is 0 Å². The third-order valence-corrected chi connectivity index (χ3v) is 3.50. The molecule has 0 bridgehead atoms. The van der Waals surface area contributed by atoms with Gasteiger partial charge in [-0.05, 0) is 18.8 Å². The molecular formula is C13H26N2O4. The Bertz CT molecular complexity index is 263. The van der Waals surface area contributed by atoms with Crippen molar-refractivity contribution in [2.75, 3.05) is 19.8 Å². The van der Waals surface area contributed by atoms with E-state index >= 15 is 0 Å². The minimum absolute atomic E-state index is 0.200. The number of hydrogen-bond acceptors (Lipinski definition) is 5. The highest BCUT2D eigenvalue weighted by Gasteiger charge is 2.24. The van der Waals surface area contributed by atoms with Crippen LogP contribution in [0.4, 0.5) is 0 Å². The molecule has 0 aromatic carbocycles. The zero-order valence-corrected chi connectivity index (χ0v) is 11.6. The molecule has 19 heavy (non-hydrogen) atoms. The lowest BCUT2D eigenvalue weighted by atomic mass is 9.85. The molecule has 1 amide bonds. The molecule has 1 aliphatic carbocycles. The second-order valence-electron chi connectivity index (χ2n) is 5.08. The first kappa shape index (κ1) is 16.4. The summed E-state index contributed by atoms with van der Waals surface area (Å²) in [5.41, 5.74) is 7.40. The van der Waals surface area contributed by atoms with E-state index in [4.69, 9.17) is 15.3 Å². The molecule has 0 saturated heterocycles. The summed E-state index contributed by atoms with van der Waals surface area (Å²) >= 11 is 0. The molecule has 0 aliphatic heterocycles. The van der Waals surface area contributed by atoms with E-state index in [2.05, 4.69) is 12.4 Å². The van der Waals surface area contributed by atoms with Crippen molar-refractivity contribution in [1.29, 1.82) is 0 Å². The average Bonchev–Trinajstić information content (AvgIpc) is 2.41. The van der Waals surface area contributed by atoms with Crippen molar-refractivity contribution in [1.82, 2.24) is 5.48 Å². The van der Waals surface area contributed by atoms with Crippen LogP contribution in [0.5, 0.6) is 0 Å². The van der Waals surface area contributed by atoms with E-state index in [9.17, 15) is 9.90 Å². The first-order valence-electron chi connectivity index (χ1n) is 7.06. The van der Waals surface area contributed by atoms with E-state index in [1.807, 2.05) is 0 Å². The van der Waals surface area contributed by atoms with Gasteiger partial charge in [-0.1, -0.05) is 26.2 Å². The fourth-order valence-electron chi connectivity index (χ4n) is 2.43. The van der Waals surface area contributed by atoms with E-state index in [-0.39, 0.29) is 25.9 Å². The number of carbonyl (C=O) groups is 1. The molecule has 112 valence electrons. The maximum Gasteiger partial charge on any atom is 0.245 e. The highest BCUT2D eigenvalue weighted by Crippen LogP contribution is 2.29. The molecule has 1 saturated carbocycles. The highest BCUT2D eigenvalue weighted by atomic mass is 16.6. The summed E-state index contributed by atoms with van der Waals surface area (Å²) < 4.78 is 5.79. The van der Waals surface area contributed by atoms with Crippen LogP contribution in [0, 0.1) is 5.92 Å². The van der Waals surface area contributed by atoms with E-state index in [1.54, 1.807) is 0 Å². The summed E-state index contributed by atoms with van der Waals surface area (Å²) in [7, 11) is 0. The van der Waals surface area contributed by atoms with Crippen molar-refractivity contribution in [3.8, 4) is 0 Å². The first-order valence-corrected chi connectivity index (χ1v) is 7.06. The first-order chi connectivity index (χ1) is 9.13. The van der Waals surface area contributed by atoms with Gasteiger partial charge in [0.1, 0.15) is 6.61 Å². The van der Waals surface area contributed by atoms with Gasteiger partial charge in [0.2, 0.25) is 5.91 Å². The molecule has 3 unspecified atom stereocenters. The molecule has 1 fully saturated rings. The molecule has 1 aliphatic rings. The molecule has 0 spiro atoms. The maximum absolute atomic E-state index is 10.4. The number of ether oxygens (including phenoxy) is 1. The maximum atomic E-state index is 10.4. The van der Waals surface area contributed by atoms with Gasteiger partial charge in [0.15, 0.2) is 0 Å². The molecule has 0 aromatic rings. The van der Waals surface area contributed by atoms with Crippen molar-refractivity contribution in [2.24, 2.45) is 11.7 Å². The van der Waals surface area contributed by atoms with E-state index in [1.165, 1.54) is 19.3 Å². The third kappa shape index (κ3) is 6.87. The molecule has 0 aromatic heterocycles. The van der Waals surface area contributed by atoms with Gasteiger partial charge in [-0.15, -0.1) is 0 Å². The number of rotatable bonds is 9. The van der Waals surface area contributed by atoms with Crippen LogP contribution in [0.2, 0.25) is 0 Å². The molecule has 6 heteroatoms. The van der Waals surface area contributed by atoms with Gasteiger partial charge >= 0.3 is 0 Å². The molecular weight excluding hydrogens is 248 g/mol. The van der Waals surface area contributed by atoms with Gasteiger partial charge in [-0.2, -0.15) is 5.48 Å². The van der Waals surface area contributed by atoms with Crippen LogP contribution in [0.25, 0.3) is 0 Å². The quantitative estimate of drug-likeness (QED) is 0.416. The Labute approximate surface area is 114 Å². The summed E-state index contributed by atoms with van der Waals surface area (Å²) in [5, 5.41) is 9.72. The summed E-state index contributed by atoms with van der Waals surface area (Å²) in [5.74, 6) is 0.0613. The fourth-order valence-corrected chi connectivity index (χ4v) is 2.43. The molecule has 0 radical (unpaired) electrons. The normalized spacial score (nSPS) is 25.2. The lowest BCUT2D eigenvalue weighted by Gasteiger charge is -2.31. The number of primary amides is 1. The minimum Gasteiger partial charge on any atom is -0.389 e. The number of nitrogens with two attached hydrogens (primary N) is 1. The molecule has 4 N–H and O–H groups in total. The molecule has 3 atom stereocenters. The highest BCUT2D eigenvalue weighted by molar-refractivity contribution is 5.74. The zero-order valence-electron chi connectivity index (χ0n) is 11.6. The van der Waals surface area contributed by atoms with E-state index in [0.29, 0.717) is 5.92 Å². The van der Waals surface area contributed by atoms with Gasteiger partial charge in [-0.25, -0.2) is 0 Å². The largest absolute Gasteiger partial charge is 0.389 e. The number of nitrogens with one attached hydrogen (secondary N) is 1. The Balaban J connectivity index is 2.11. The van der Waals surface area contributed by atoms with Crippen LogP contribution in [0.15, 0.2) is 0 Å². The van der Waals surface area contributed by atoms with Gasteiger partial charge < -0.3 is 15.6 Å². The van der Waals surface area contributed by atoms with Gasteiger partial charge in [-0.3, -0.25) is 9.63 Å². The summed E-state index contributed by atoms with van der Waals surface area (Å²) in [4.78, 5) is 15.2. The predicted molar refractivity (Wildman–Crippen MR) is 71.1 cm³/mol. The van der Waals surface area contributed by atoms with E-state index < -0.39 is 12.0 Å². The molecule has 1 rings (SSSR count). The monoisotopic (exact) mass is 274 g/mol. The van der Waals surface area contributed by atoms with Crippen LogP contribution in [0.3, 0.4) is 0 Å². The van der Waals surface area contributed by atoms with Crippen molar-refractivity contribution in [3.05, 3.63) is 0 Å². The summed E-state index contributed by atoms with van der Waals surface area (Å²) in [6, 6.07) is 0. The standard InChI is InChI=1S/C13H26N2O4/c1-2-10-5-3-4-6-12(10)18-8-11(16)7-15-19-9-13(14)17/h10-12,15-16H,2-9H2,1H3,(H2,14,17). The number of hydroxylamine groups is 1. The number of aliphatic hydroxyl groups is 1. The Morgan fingerprint density at radius 3 is 2.89 bits per heavy atom. The minimum atomic E-state index is -0.646. The SMILES string of the molecule is CCC1CCCCC1OCC(O)CNOCC(N)=O. The fraction of sp³-hybridized carbons (Fsp3) is 0.923. The Kier molecular flexibility index (Phi) is 7.97. The van der Waals surface area contributed by atoms with Crippen molar-refractivity contribution < 1.29 is 19.5 Å². The predicted octanol–water partition coefficient (Wildman–Crippen LogP) is 0.339. The van der Waals surface area contributed by atoms with Crippen molar-refractivity contribution in [2.45, 2.75) is 51.2 Å². The van der Waals surface area contributed by atoms with Crippen LogP contribution in [-0.4, -0.2) is 43.0 Å². The van der Waals surface area contributed by atoms with Crippen LogP contribution >= 0.6 is 0 Å². The van der Waals surface area contributed by atoms with E-state index in [0.717, 1.165) is 12.8 Å². The van der Waals surface area contributed by atoms with Gasteiger partial charge in [0.25, 0.3) is 0 Å². The third-order valence-electron chi connectivity index (χ3n) is 3.50. The summed E-state index contributed by atoms with van der Waals surface area (Å²) in [6.45, 7) is 2.49. The Hall–Kier alpha value is -0.690. The average molecular weight is 274 g/mol. The van der Waals surface area contributed by atoms with Crippen molar-refractivity contribution >= 4 is 5.91 Å². The molecule has 0 heterocycles. The second kappa shape index (κ2) is 9.25. The lowest BCUT2D eigenvalue weighted by Crippen LogP contribution is -2.36. The molecule has 6 nitrogen and oxygen atoms in total.